The van der Waals surface area contributed by atoms with Crippen molar-refractivity contribution in [1.29, 1.82) is 0 Å². The van der Waals surface area contributed by atoms with Crippen LogP contribution in [0.3, 0.4) is 0 Å². The normalized spacial score (nSPS) is 19.6. The molecule has 2 aromatic rings. The van der Waals surface area contributed by atoms with Crippen LogP contribution in [-0.2, 0) is 6.42 Å². The number of pyridine rings is 1. The van der Waals surface area contributed by atoms with Gasteiger partial charge in [-0.3, -0.25) is 9.69 Å². The van der Waals surface area contributed by atoms with Gasteiger partial charge in [0.05, 0.1) is 19.0 Å². The average Bonchev–Trinajstić information content (AvgIpc) is 2.68. The molecule has 4 rings (SSSR count). The van der Waals surface area contributed by atoms with E-state index in [4.69, 9.17) is 4.74 Å². The SMILES string of the molecule is COc1ccc(NC(=O)c2ccc3c(c2)CCN2CCNCC32)cn1. The van der Waals surface area contributed by atoms with Gasteiger partial charge in [0.1, 0.15) is 0 Å². The van der Waals surface area contributed by atoms with Crippen molar-refractivity contribution in [1.82, 2.24) is 15.2 Å². The molecule has 0 bridgehead atoms. The lowest BCUT2D eigenvalue weighted by atomic mass is 9.90. The van der Waals surface area contributed by atoms with Crippen molar-refractivity contribution in [3.63, 3.8) is 0 Å². The van der Waals surface area contributed by atoms with E-state index in [9.17, 15) is 4.79 Å². The summed E-state index contributed by atoms with van der Waals surface area (Å²) in [6.07, 6.45) is 2.59. The second-order valence-corrected chi connectivity index (χ2v) is 6.46. The first-order valence-electron chi connectivity index (χ1n) is 8.63. The Hall–Kier alpha value is -2.44. The first-order valence-corrected chi connectivity index (χ1v) is 8.63. The molecule has 1 fully saturated rings. The molecule has 1 aromatic heterocycles. The molecule has 1 unspecified atom stereocenters. The van der Waals surface area contributed by atoms with Crippen LogP contribution in [-0.4, -0.2) is 49.1 Å². The standard InChI is InChI=1S/C19H22N4O2/c1-25-18-5-3-15(11-21-18)22-19(24)14-2-4-16-13(10-14)6-8-23-9-7-20-12-17(16)23/h2-5,10-11,17,20H,6-9,12H2,1H3,(H,22,24). The number of carbonyl (C=O) groups is 1. The van der Waals surface area contributed by atoms with Gasteiger partial charge < -0.3 is 15.4 Å². The lowest BCUT2D eigenvalue weighted by Gasteiger charge is -2.41. The fraction of sp³-hybridized carbons (Fsp3) is 0.368. The van der Waals surface area contributed by atoms with Gasteiger partial charge in [0, 0.05) is 43.9 Å². The number of anilines is 1. The molecular weight excluding hydrogens is 316 g/mol. The van der Waals surface area contributed by atoms with E-state index in [1.54, 1.807) is 25.4 Å². The van der Waals surface area contributed by atoms with Crippen molar-refractivity contribution in [2.75, 3.05) is 38.6 Å². The molecule has 2 N–H and O–H groups in total. The van der Waals surface area contributed by atoms with E-state index in [1.807, 2.05) is 12.1 Å². The van der Waals surface area contributed by atoms with Crippen LogP contribution in [0.5, 0.6) is 5.88 Å². The number of hydrogen-bond donors (Lipinski definition) is 2. The van der Waals surface area contributed by atoms with E-state index in [0.29, 0.717) is 23.2 Å². The van der Waals surface area contributed by atoms with Crippen molar-refractivity contribution < 1.29 is 9.53 Å². The Morgan fingerprint density at radius 2 is 2.24 bits per heavy atom. The maximum atomic E-state index is 12.5. The highest BCUT2D eigenvalue weighted by Gasteiger charge is 2.29. The highest BCUT2D eigenvalue weighted by atomic mass is 16.5. The summed E-state index contributed by atoms with van der Waals surface area (Å²) in [7, 11) is 1.57. The van der Waals surface area contributed by atoms with E-state index in [0.717, 1.165) is 32.6 Å². The van der Waals surface area contributed by atoms with Gasteiger partial charge in [0.15, 0.2) is 0 Å². The van der Waals surface area contributed by atoms with Gasteiger partial charge in [0.2, 0.25) is 5.88 Å². The van der Waals surface area contributed by atoms with E-state index < -0.39 is 0 Å². The molecule has 0 aliphatic carbocycles. The van der Waals surface area contributed by atoms with Crippen LogP contribution in [0.2, 0.25) is 0 Å². The van der Waals surface area contributed by atoms with Gasteiger partial charge in [0.25, 0.3) is 5.91 Å². The van der Waals surface area contributed by atoms with E-state index in [2.05, 4.69) is 26.6 Å². The third kappa shape index (κ3) is 3.23. The second-order valence-electron chi connectivity index (χ2n) is 6.46. The lowest BCUT2D eigenvalue weighted by molar-refractivity contribution is 0.102. The number of fused-ring (bicyclic) bond motifs is 3. The number of ether oxygens (including phenoxy) is 1. The fourth-order valence-electron chi connectivity index (χ4n) is 3.65. The topological polar surface area (TPSA) is 66.5 Å². The van der Waals surface area contributed by atoms with Gasteiger partial charge >= 0.3 is 0 Å². The Morgan fingerprint density at radius 1 is 1.32 bits per heavy atom. The predicted octanol–water partition coefficient (Wildman–Crippen LogP) is 1.84. The Bertz CT molecular complexity index is 775. The van der Waals surface area contributed by atoms with Crippen LogP contribution < -0.4 is 15.4 Å². The van der Waals surface area contributed by atoms with Gasteiger partial charge in [-0.05, 0) is 35.7 Å². The zero-order valence-corrected chi connectivity index (χ0v) is 14.3. The monoisotopic (exact) mass is 338 g/mol. The van der Waals surface area contributed by atoms with E-state index in [1.165, 1.54) is 11.1 Å². The first kappa shape index (κ1) is 16.1. The number of piperazine rings is 1. The van der Waals surface area contributed by atoms with Crippen molar-refractivity contribution >= 4 is 11.6 Å². The van der Waals surface area contributed by atoms with Crippen LogP contribution >= 0.6 is 0 Å². The minimum absolute atomic E-state index is 0.112. The fourth-order valence-corrected chi connectivity index (χ4v) is 3.65. The molecule has 1 amide bonds. The Kier molecular flexibility index (Phi) is 4.38. The number of carbonyl (C=O) groups excluding carboxylic acids is 1. The van der Waals surface area contributed by atoms with Crippen LogP contribution in [0.4, 0.5) is 5.69 Å². The molecule has 6 nitrogen and oxygen atoms in total. The quantitative estimate of drug-likeness (QED) is 0.894. The largest absolute Gasteiger partial charge is 0.481 e. The highest BCUT2D eigenvalue weighted by molar-refractivity contribution is 6.04. The Labute approximate surface area is 147 Å². The molecule has 6 heteroatoms. The molecule has 130 valence electrons. The molecule has 0 spiro atoms. The first-order chi connectivity index (χ1) is 12.2. The molecular formula is C19H22N4O2. The Balaban J connectivity index is 1.52. The number of aromatic nitrogens is 1. The molecule has 25 heavy (non-hydrogen) atoms. The van der Waals surface area contributed by atoms with Crippen molar-refractivity contribution in [2.45, 2.75) is 12.5 Å². The summed E-state index contributed by atoms with van der Waals surface area (Å²) in [5.41, 5.74) is 3.98. The number of methoxy groups -OCH3 is 1. The summed E-state index contributed by atoms with van der Waals surface area (Å²) in [5, 5.41) is 6.36. The second kappa shape index (κ2) is 6.82. The van der Waals surface area contributed by atoms with Gasteiger partial charge in [-0.1, -0.05) is 6.07 Å². The number of hydrogen-bond acceptors (Lipinski definition) is 5. The third-order valence-electron chi connectivity index (χ3n) is 4.99. The lowest BCUT2D eigenvalue weighted by Crippen LogP contribution is -2.48. The zero-order valence-electron chi connectivity index (χ0n) is 14.3. The molecule has 2 aliphatic rings. The third-order valence-corrected chi connectivity index (χ3v) is 4.99. The number of nitrogens with one attached hydrogen (secondary N) is 2. The van der Waals surface area contributed by atoms with E-state index in [-0.39, 0.29) is 5.91 Å². The van der Waals surface area contributed by atoms with Crippen LogP contribution in [0.25, 0.3) is 0 Å². The maximum absolute atomic E-state index is 12.5. The van der Waals surface area contributed by atoms with Gasteiger partial charge in [-0.15, -0.1) is 0 Å². The van der Waals surface area contributed by atoms with Crippen LogP contribution in [0, 0.1) is 0 Å². The van der Waals surface area contributed by atoms with Crippen LogP contribution in [0.15, 0.2) is 36.5 Å². The predicted molar refractivity (Wildman–Crippen MR) is 96.1 cm³/mol. The molecule has 1 aromatic carbocycles. The number of benzene rings is 1. The minimum atomic E-state index is -0.112. The molecule has 2 aliphatic heterocycles. The summed E-state index contributed by atoms with van der Waals surface area (Å²) in [6.45, 7) is 4.20. The highest BCUT2D eigenvalue weighted by Crippen LogP contribution is 2.31. The maximum Gasteiger partial charge on any atom is 0.255 e. The van der Waals surface area contributed by atoms with Crippen molar-refractivity contribution in [3.05, 3.63) is 53.2 Å². The van der Waals surface area contributed by atoms with E-state index >= 15 is 0 Å². The smallest absolute Gasteiger partial charge is 0.255 e. The Morgan fingerprint density at radius 3 is 3.04 bits per heavy atom. The minimum Gasteiger partial charge on any atom is -0.481 e. The summed E-state index contributed by atoms with van der Waals surface area (Å²) in [6, 6.07) is 10.0. The molecule has 1 saturated heterocycles. The molecule has 1 atom stereocenters. The average molecular weight is 338 g/mol. The van der Waals surface area contributed by atoms with Gasteiger partial charge in [-0.25, -0.2) is 4.98 Å². The summed E-state index contributed by atoms with van der Waals surface area (Å²) < 4.78 is 5.03. The molecule has 0 saturated carbocycles. The summed E-state index contributed by atoms with van der Waals surface area (Å²) in [5.74, 6) is 0.413. The van der Waals surface area contributed by atoms with Gasteiger partial charge in [-0.2, -0.15) is 0 Å². The number of rotatable bonds is 3. The number of nitrogens with zero attached hydrogens (tertiary/aromatic N) is 2. The summed E-state index contributed by atoms with van der Waals surface area (Å²) >= 11 is 0. The molecule has 3 heterocycles. The number of amides is 1. The molecule has 0 radical (unpaired) electrons. The van der Waals surface area contributed by atoms with Crippen LogP contribution in [0.1, 0.15) is 27.5 Å². The zero-order chi connectivity index (χ0) is 17.2. The summed E-state index contributed by atoms with van der Waals surface area (Å²) in [4.78, 5) is 19.2. The van der Waals surface area contributed by atoms with Crippen molar-refractivity contribution in [2.24, 2.45) is 0 Å². The van der Waals surface area contributed by atoms with Crippen molar-refractivity contribution in [3.8, 4) is 5.88 Å².